The van der Waals surface area contributed by atoms with Gasteiger partial charge in [-0.2, -0.15) is 26.3 Å². The minimum atomic E-state index is -5.96. The second kappa shape index (κ2) is 3.98. The minimum Gasteiger partial charge on any atom is -0.224 e. The fourth-order valence-corrected chi connectivity index (χ4v) is 0.790. The summed E-state index contributed by atoms with van der Waals surface area (Å²) in [6.07, 6.45) is -14.7. The number of alkyl halides is 7. The van der Waals surface area contributed by atoms with Crippen molar-refractivity contribution in [1.29, 1.82) is 0 Å². The van der Waals surface area contributed by atoms with Gasteiger partial charge < -0.3 is 0 Å². The van der Waals surface area contributed by atoms with Crippen LogP contribution in [0.4, 0.5) is 30.7 Å². The lowest BCUT2D eigenvalue weighted by molar-refractivity contribution is -0.343. The standard InChI is InChI=1S/C6H6BF7/c7-3-1-2-4(8,5(9,10)11)6(12,13)14/h1-3H2. The third kappa shape index (κ3) is 2.54. The van der Waals surface area contributed by atoms with E-state index in [0.29, 0.717) is 0 Å². The Morgan fingerprint density at radius 2 is 1.14 bits per heavy atom. The van der Waals surface area contributed by atoms with Crippen LogP contribution in [0.15, 0.2) is 0 Å². The van der Waals surface area contributed by atoms with Gasteiger partial charge in [-0.05, 0) is 6.42 Å². The van der Waals surface area contributed by atoms with E-state index in [4.69, 9.17) is 7.85 Å². The zero-order chi connectivity index (χ0) is 11.6. The van der Waals surface area contributed by atoms with E-state index >= 15 is 0 Å². The second-order valence-corrected chi connectivity index (χ2v) is 2.69. The summed E-state index contributed by atoms with van der Waals surface area (Å²) in [5.41, 5.74) is -5.15. The molecule has 0 aromatic rings. The lowest BCUT2D eigenvalue weighted by Gasteiger charge is -2.29. The molecule has 0 fully saturated rings. The van der Waals surface area contributed by atoms with Crippen LogP contribution in [-0.2, 0) is 0 Å². The third-order valence-electron chi connectivity index (χ3n) is 1.62. The summed E-state index contributed by atoms with van der Waals surface area (Å²) >= 11 is 0. The molecule has 0 saturated carbocycles. The van der Waals surface area contributed by atoms with Gasteiger partial charge in [-0.15, -0.1) is 0 Å². The van der Waals surface area contributed by atoms with Gasteiger partial charge in [0.2, 0.25) is 0 Å². The van der Waals surface area contributed by atoms with E-state index in [0.717, 1.165) is 0 Å². The summed E-state index contributed by atoms with van der Waals surface area (Å²) in [5.74, 6) is 0. The van der Waals surface area contributed by atoms with Crippen LogP contribution in [0.2, 0.25) is 6.32 Å². The number of rotatable bonds is 3. The molecular formula is C6H6BF7. The first-order valence-corrected chi connectivity index (χ1v) is 3.58. The highest BCUT2D eigenvalue weighted by Gasteiger charge is 2.71. The van der Waals surface area contributed by atoms with Crippen molar-refractivity contribution in [1.82, 2.24) is 0 Å². The lowest BCUT2D eigenvalue weighted by Crippen LogP contribution is -2.53. The largest absolute Gasteiger partial charge is 0.431 e. The first-order chi connectivity index (χ1) is 6.06. The molecule has 0 spiro atoms. The maximum absolute atomic E-state index is 12.7. The second-order valence-electron chi connectivity index (χ2n) is 2.69. The zero-order valence-corrected chi connectivity index (χ0v) is 6.84. The number of hydrogen-bond acceptors (Lipinski definition) is 0. The molecule has 82 valence electrons. The lowest BCUT2D eigenvalue weighted by atomic mass is 9.92. The van der Waals surface area contributed by atoms with Gasteiger partial charge in [-0.1, -0.05) is 12.7 Å². The van der Waals surface area contributed by atoms with E-state index in [1.54, 1.807) is 0 Å². The Labute approximate surface area is 76.9 Å². The first-order valence-electron chi connectivity index (χ1n) is 3.58. The summed E-state index contributed by atoms with van der Waals surface area (Å²) in [5, 5.41) is 0. The van der Waals surface area contributed by atoms with Crippen LogP contribution in [0, 0.1) is 0 Å². The molecule has 0 nitrogen and oxygen atoms in total. The van der Waals surface area contributed by atoms with Crippen molar-refractivity contribution in [2.45, 2.75) is 37.2 Å². The molecule has 14 heavy (non-hydrogen) atoms. The van der Waals surface area contributed by atoms with Gasteiger partial charge in [0.05, 0.1) is 7.85 Å². The maximum Gasteiger partial charge on any atom is 0.431 e. The smallest absolute Gasteiger partial charge is 0.224 e. The van der Waals surface area contributed by atoms with E-state index in [9.17, 15) is 30.7 Å². The Kier molecular flexibility index (Phi) is 3.86. The summed E-state index contributed by atoms with van der Waals surface area (Å²) in [6.45, 7) is 0. The van der Waals surface area contributed by atoms with Gasteiger partial charge in [0.25, 0.3) is 5.67 Å². The Hall–Kier alpha value is -0.425. The quantitative estimate of drug-likeness (QED) is 0.508. The zero-order valence-electron chi connectivity index (χ0n) is 6.84. The molecule has 0 aliphatic rings. The van der Waals surface area contributed by atoms with Crippen LogP contribution in [0.1, 0.15) is 12.8 Å². The molecule has 0 amide bonds. The van der Waals surface area contributed by atoms with Crippen molar-refractivity contribution in [2.24, 2.45) is 0 Å². The first kappa shape index (κ1) is 13.6. The van der Waals surface area contributed by atoms with Crippen molar-refractivity contribution in [3.8, 4) is 0 Å². The van der Waals surface area contributed by atoms with Crippen LogP contribution >= 0.6 is 0 Å². The van der Waals surface area contributed by atoms with Crippen LogP contribution < -0.4 is 0 Å². The fraction of sp³-hybridized carbons (Fsp3) is 1.00. The molecule has 0 atom stereocenters. The number of halogens is 7. The Morgan fingerprint density at radius 1 is 0.786 bits per heavy atom. The van der Waals surface area contributed by atoms with E-state index in [1.807, 2.05) is 0 Å². The Balaban J connectivity index is 4.87. The monoisotopic (exact) mass is 222 g/mol. The summed E-state index contributed by atoms with van der Waals surface area (Å²) in [4.78, 5) is 0. The van der Waals surface area contributed by atoms with Crippen LogP contribution in [0.5, 0.6) is 0 Å². The van der Waals surface area contributed by atoms with Crippen molar-refractivity contribution in [2.75, 3.05) is 0 Å². The normalized spacial score (nSPS) is 14.5. The summed E-state index contributed by atoms with van der Waals surface area (Å²) < 4.78 is 83.4. The molecule has 0 N–H and O–H groups in total. The molecular weight excluding hydrogens is 216 g/mol. The van der Waals surface area contributed by atoms with Gasteiger partial charge >= 0.3 is 12.4 Å². The molecule has 0 aromatic heterocycles. The molecule has 0 saturated heterocycles. The average Bonchev–Trinajstić information content (AvgIpc) is 1.95. The van der Waals surface area contributed by atoms with Crippen LogP contribution in [-0.4, -0.2) is 25.9 Å². The highest BCUT2D eigenvalue weighted by Crippen LogP contribution is 2.48. The molecule has 0 bridgehead atoms. The molecule has 0 aliphatic carbocycles. The molecule has 0 aliphatic heterocycles. The van der Waals surface area contributed by atoms with E-state index in [1.165, 1.54) is 0 Å². The molecule has 0 unspecified atom stereocenters. The van der Waals surface area contributed by atoms with Crippen molar-refractivity contribution >= 4 is 7.85 Å². The van der Waals surface area contributed by atoms with Crippen molar-refractivity contribution < 1.29 is 30.7 Å². The van der Waals surface area contributed by atoms with Crippen molar-refractivity contribution in [3.05, 3.63) is 0 Å². The molecule has 0 rings (SSSR count). The van der Waals surface area contributed by atoms with Gasteiger partial charge in [0.1, 0.15) is 0 Å². The van der Waals surface area contributed by atoms with Gasteiger partial charge in [0.15, 0.2) is 0 Å². The van der Waals surface area contributed by atoms with Gasteiger partial charge in [-0.25, -0.2) is 4.39 Å². The van der Waals surface area contributed by atoms with E-state index in [2.05, 4.69) is 0 Å². The maximum atomic E-state index is 12.7. The van der Waals surface area contributed by atoms with E-state index < -0.39 is 37.2 Å². The predicted octanol–water partition coefficient (Wildman–Crippen LogP) is 3.19. The highest BCUT2D eigenvalue weighted by molar-refractivity contribution is 6.08. The highest BCUT2D eigenvalue weighted by atomic mass is 19.4. The minimum absolute atomic E-state index is 0.433. The van der Waals surface area contributed by atoms with E-state index in [-0.39, 0.29) is 0 Å². The summed E-state index contributed by atoms with van der Waals surface area (Å²) in [7, 11) is 4.72. The average molecular weight is 222 g/mol. The third-order valence-corrected chi connectivity index (χ3v) is 1.62. The van der Waals surface area contributed by atoms with Crippen molar-refractivity contribution in [3.63, 3.8) is 0 Å². The Morgan fingerprint density at radius 3 is 1.36 bits per heavy atom. The van der Waals surface area contributed by atoms with Crippen LogP contribution in [0.25, 0.3) is 0 Å². The number of hydrogen-bond donors (Lipinski definition) is 0. The topological polar surface area (TPSA) is 0 Å². The van der Waals surface area contributed by atoms with Gasteiger partial charge in [-0.3, -0.25) is 0 Å². The fourth-order valence-electron chi connectivity index (χ4n) is 0.790. The van der Waals surface area contributed by atoms with Crippen LogP contribution in [0.3, 0.4) is 0 Å². The molecule has 0 aromatic carbocycles. The summed E-state index contributed by atoms with van der Waals surface area (Å²) in [6, 6.07) is 0. The predicted molar refractivity (Wildman–Crippen MR) is 35.7 cm³/mol. The Bertz CT molecular complexity index is 168. The molecule has 0 heterocycles. The molecule has 2 radical (unpaired) electrons. The van der Waals surface area contributed by atoms with Gasteiger partial charge in [0, 0.05) is 0 Å². The SMILES string of the molecule is [B]CCCC(F)(C(F)(F)F)C(F)(F)F. The molecule has 8 heteroatoms.